The molecule has 132 valence electrons. The van der Waals surface area contributed by atoms with Crippen LogP contribution in [-0.4, -0.2) is 21.8 Å². The van der Waals surface area contributed by atoms with Gasteiger partial charge in [0.25, 0.3) is 11.5 Å². The van der Waals surface area contributed by atoms with Gasteiger partial charge in [0.2, 0.25) is 0 Å². The summed E-state index contributed by atoms with van der Waals surface area (Å²) in [5, 5.41) is 12.0. The number of carbonyl (C=O) groups is 1. The maximum atomic E-state index is 12.5. The number of amides is 1. The Morgan fingerprint density at radius 3 is 2.54 bits per heavy atom. The normalized spacial score (nSPS) is 11.5. The second kappa shape index (κ2) is 7.93. The molecule has 3 aromatic rings. The summed E-state index contributed by atoms with van der Waals surface area (Å²) in [6.45, 7) is 2.03. The van der Waals surface area contributed by atoms with E-state index in [0.29, 0.717) is 22.2 Å². The molecule has 1 aromatic heterocycles. The van der Waals surface area contributed by atoms with Crippen molar-refractivity contribution in [3.05, 3.63) is 75.2 Å². The van der Waals surface area contributed by atoms with Crippen LogP contribution in [0.3, 0.4) is 0 Å². The van der Waals surface area contributed by atoms with E-state index in [-0.39, 0.29) is 11.3 Å². The van der Waals surface area contributed by atoms with Gasteiger partial charge in [0, 0.05) is 10.4 Å². The van der Waals surface area contributed by atoms with Gasteiger partial charge in [-0.05, 0) is 30.2 Å². The Bertz CT molecular complexity index is 1030. The van der Waals surface area contributed by atoms with Crippen molar-refractivity contribution in [3.63, 3.8) is 0 Å². The summed E-state index contributed by atoms with van der Waals surface area (Å²) in [7, 11) is 0. The quantitative estimate of drug-likeness (QED) is 0.533. The molecule has 1 heterocycles. The first-order valence-electron chi connectivity index (χ1n) is 8.20. The fraction of sp³-hybridized carbons (Fsp3) is 0.158. The smallest absolute Gasteiger partial charge is 0.267 e. The summed E-state index contributed by atoms with van der Waals surface area (Å²) in [6.07, 6.45) is 1.57. The van der Waals surface area contributed by atoms with Crippen LogP contribution < -0.4 is 11.0 Å². The Kier molecular flexibility index (Phi) is 5.43. The van der Waals surface area contributed by atoms with Crippen molar-refractivity contribution in [2.45, 2.75) is 19.8 Å². The maximum absolute atomic E-state index is 12.5. The van der Waals surface area contributed by atoms with E-state index in [1.54, 1.807) is 36.4 Å². The molecule has 3 rings (SSSR count). The highest BCUT2D eigenvalue weighted by atomic mass is 35.5. The minimum absolute atomic E-state index is 0.121. The summed E-state index contributed by atoms with van der Waals surface area (Å²) < 4.78 is 0. The van der Waals surface area contributed by atoms with E-state index in [0.717, 1.165) is 17.7 Å². The minimum Gasteiger partial charge on any atom is -0.267 e. The van der Waals surface area contributed by atoms with Gasteiger partial charge in [0.15, 0.2) is 5.69 Å². The number of hydrogen-bond acceptors (Lipinski definition) is 4. The highest BCUT2D eigenvalue weighted by Crippen LogP contribution is 2.14. The van der Waals surface area contributed by atoms with Crippen molar-refractivity contribution in [1.82, 2.24) is 15.6 Å². The van der Waals surface area contributed by atoms with Gasteiger partial charge >= 0.3 is 0 Å². The number of H-pyrrole nitrogens is 1. The highest BCUT2D eigenvalue weighted by Gasteiger charge is 2.14. The zero-order valence-corrected chi connectivity index (χ0v) is 14.9. The molecule has 0 aliphatic rings. The number of hydrazone groups is 1. The summed E-state index contributed by atoms with van der Waals surface area (Å²) in [5.74, 6) is -0.486. The predicted molar refractivity (Wildman–Crippen MR) is 103 cm³/mol. The van der Waals surface area contributed by atoms with Crippen LogP contribution in [0.4, 0.5) is 0 Å². The molecule has 0 atom stereocenters. The number of fused-ring (bicyclic) bond motifs is 1. The first kappa shape index (κ1) is 17.8. The lowest BCUT2D eigenvalue weighted by molar-refractivity contribution is 0.0950. The van der Waals surface area contributed by atoms with Crippen molar-refractivity contribution in [2.24, 2.45) is 5.10 Å². The Hall–Kier alpha value is -2.99. The molecule has 1 amide bonds. The third-order valence-electron chi connectivity index (χ3n) is 3.87. The minimum atomic E-state index is -0.486. The van der Waals surface area contributed by atoms with E-state index in [1.807, 2.05) is 19.1 Å². The number of benzene rings is 2. The zero-order chi connectivity index (χ0) is 18.5. The lowest BCUT2D eigenvalue weighted by Gasteiger charge is -2.07. The van der Waals surface area contributed by atoms with Crippen LogP contribution in [0.1, 0.15) is 35.8 Å². The molecule has 0 saturated carbocycles. The Morgan fingerprint density at radius 1 is 1.15 bits per heavy atom. The molecule has 0 unspecified atom stereocenters. The van der Waals surface area contributed by atoms with Gasteiger partial charge in [0.05, 0.1) is 11.1 Å². The van der Waals surface area contributed by atoms with Crippen LogP contribution in [0.15, 0.2) is 58.4 Å². The molecule has 6 nitrogen and oxygen atoms in total. The Balaban J connectivity index is 1.91. The van der Waals surface area contributed by atoms with Crippen LogP contribution in [0.5, 0.6) is 0 Å². The van der Waals surface area contributed by atoms with Gasteiger partial charge in [-0.2, -0.15) is 10.2 Å². The number of carbonyl (C=O) groups excluding carboxylic acids is 1. The second-order valence-corrected chi connectivity index (χ2v) is 6.14. The van der Waals surface area contributed by atoms with Gasteiger partial charge in [-0.25, -0.2) is 10.5 Å². The first-order valence-corrected chi connectivity index (χ1v) is 8.58. The molecule has 7 heteroatoms. The van der Waals surface area contributed by atoms with Gasteiger partial charge < -0.3 is 0 Å². The van der Waals surface area contributed by atoms with Crippen molar-refractivity contribution in [2.75, 3.05) is 0 Å². The molecule has 26 heavy (non-hydrogen) atoms. The first-order chi connectivity index (χ1) is 12.6. The molecule has 0 radical (unpaired) electrons. The van der Waals surface area contributed by atoms with Crippen LogP contribution in [0.25, 0.3) is 10.8 Å². The third-order valence-corrected chi connectivity index (χ3v) is 4.12. The Labute approximate surface area is 154 Å². The highest BCUT2D eigenvalue weighted by molar-refractivity contribution is 6.30. The fourth-order valence-electron chi connectivity index (χ4n) is 2.60. The lowest BCUT2D eigenvalue weighted by atomic mass is 10.1. The summed E-state index contributed by atoms with van der Waals surface area (Å²) >= 11 is 5.92. The maximum Gasteiger partial charge on any atom is 0.292 e. The van der Waals surface area contributed by atoms with E-state index >= 15 is 0 Å². The van der Waals surface area contributed by atoms with Crippen molar-refractivity contribution in [1.29, 1.82) is 0 Å². The summed E-state index contributed by atoms with van der Waals surface area (Å²) in [6, 6.07) is 14.1. The van der Waals surface area contributed by atoms with E-state index in [2.05, 4.69) is 20.7 Å². The largest absolute Gasteiger partial charge is 0.292 e. The van der Waals surface area contributed by atoms with E-state index in [1.165, 1.54) is 0 Å². The molecular weight excluding hydrogens is 352 g/mol. The molecule has 0 saturated heterocycles. The average molecular weight is 369 g/mol. The molecule has 0 spiro atoms. The van der Waals surface area contributed by atoms with Gasteiger partial charge in [0.1, 0.15) is 0 Å². The van der Waals surface area contributed by atoms with Crippen LogP contribution in [0, 0.1) is 0 Å². The molecule has 2 aromatic carbocycles. The monoisotopic (exact) mass is 368 g/mol. The topological polar surface area (TPSA) is 87.2 Å². The number of halogens is 1. The van der Waals surface area contributed by atoms with E-state index in [9.17, 15) is 9.59 Å². The molecule has 0 aliphatic carbocycles. The van der Waals surface area contributed by atoms with Crippen LogP contribution in [0.2, 0.25) is 5.02 Å². The van der Waals surface area contributed by atoms with Crippen molar-refractivity contribution < 1.29 is 4.79 Å². The second-order valence-electron chi connectivity index (χ2n) is 5.70. The SMILES string of the molecule is CCC/C(=N/NC(=O)c1n[nH]c(=O)c2ccccc12)c1ccc(Cl)cc1. The molecule has 0 aliphatic heterocycles. The average Bonchev–Trinajstić information content (AvgIpc) is 2.66. The number of aromatic nitrogens is 2. The number of rotatable bonds is 5. The molecule has 0 fully saturated rings. The number of nitrogens with zero attached hydrogens (tertiary/aromatic N) is 2. The number of aromatic amines is 1. The van der Waals surface area contributed by atoms with Crippen LogP contribution in [-0.2, 0) is 0 Å². The summed E-state index contributed by atoms with van der Waals surface area (Å²) in [5.41, 5.74) is 3.95. The predicted octanol–water partition coefficient (Wildman–Crippen LogP) is 3.51. The third kappa shape index (κ3) is 3.81. The lowest BCUT2D eigenvalue weighted by Crippen LogP contribution is -2.24. The van der Waals surface area contributed by atoms with E-state index in [4.69, 9.17) is 11.6 Å². The Morgan fingerprint density at radius 2 is 1.85 bits per heavy atom. The molecule has 0 bridgehead atoms. The van der Waals surface area contributed by atoms with Gasteiger partial charge in [-0.15, -0.1) is 0 Å². The van der Waals surface area contributed by atoms with Gasteiger partial charge in [-0.3, -0.25) is 9.59 Å². The summed E-state index contributed by atoms with van der Waals surface area (Å²) in [4.78, 5) is 24.4. The number of hydrogen-bond donors (Lipinski definition) is 2. The van der Waals surface area contributed by atoms with Crippen LogP contribution >= 0.6 is 11.6 Å². The van der Waals surface area contributed by atoms with Crippen molar-refractivity contribution in [3.8, 4) is 0 Å². The zero-order valence-electron chi connectivity index (χ0n) is 14.1. The molecule has 2 N–H and O–H groups in total. The van der Waals surface area contributed by atoms with Gasteiger partial charge in [-0.1, -0.05) is 55.3 Å². The fourth-order valence-corrected chi connectivity index (χ4v) is 2.73. The van der Waals surface area contributed by atoms with Crippen molar-refractivity contribution >= 4 is 34.0 Å². The van der Waals surface area contributed by atoms with E-state index < -0.39 is 5.91 Å². The standard InChI is InChI=1S/C19H17ClN4O2/c1-2-5-16(12-8-10-13(20)11-9-12)21-24-19(26)17-14-6-3-4-7-15(14)18(25)23-22-17/h3-4,6-11H,2,5H2,1H3,(H,23,25)(H,24,26)/b21-16-. The molecular formula is C19H17ClN4O2. The number of nitrogens with one attached hydrogen (secondary N) is 2.